The number of fused-ring (bicyclic) bond motifs is 2. The van der Waals surface area contributed by atoms with Gasteiger partial charge in [0.1, 0.15) is 41.2 Å². The highest BCUT2D eigenvalue weighted by Gasteiger charge is 2.43. The van der Waals surface area contributed by atoms with Crippen molar-refractivity contribution < 1.29 is 38.3 Å². The second kappa shape index (κ2) is 15.5. The van der Waals surface area contributed by atoms with Gasteiger partial charge in [-0.05, 0) is 58.2 Å². The van der Waals surface area contributed by atoms with Gasteiger partial charge in [-0.1, -0.05) is 31.2 Å². The number of ether oxygens (including phenoxy) is 6. The van der Waals surface area contributed by atoms with Crippen molar-refractivity contribution in [2.24, 2.45) is 5.92 Å². The van der Waals surface area contributed by atoms with E-state index >= 15 is 0 Å². The van der Waals surface area contributed by atoms with Gasteiger partial charge in [0.15, 0.2) is 12.6 Å². The van der Waals surface area contributed by atoms with Crippen molar-refractivity contribution in [1.29, 1.82) is 0 Å². The van der Waals surface area contributed by atoms with E-state index in [9.17, 15) is 9.90 Å². The van der Waals surface area contributed by atoms with E-state index in [0.29, 0.717) is 36.6 Å². The number of aromatic nitrogens is 2. The third kappa shape index (κ3) is 9.38. The summed E-state index contributed by atoms with van der Waals surface area (Å²) >= 11 is 0. The van der Waals surface area contributed by atoms with Gasteiger partial charge in [-0.15, -0.1) is 0 Å². The number of unbranched alkanes of at least 4 members (excludes halogenated alkanes) is 1. The van der Waals surface area contributed by atoms with Crippen LogP contribution < -0.4 is 14.8 Å². The molecule has 1 unspecified atom stereocenters. The summed E-state index contributed by atoms with van der Waals surface area (Å²) in [5.74, 6) is 0.239. The minimum Gasteiger partial charge on any atom is -0.493 e. The number of carbonyl (C=O) groups is 1. The fourth-order valence-corrected chi connectivity index (χ4v) is 4.98. The van der Waals surface area contributed by atoms with E-state index in [1.165, 1.54) is 7.11 Å². The van der Waals surface area contributed by atoms with Crippen LogP contribution >= 0.6 is 0 Å². The van der Waals surface area contributed by atoms with E-state index in [4.69, 9.17) is 28.4 Å². The molecule has 0 amide bonds. The van der Waals surface area contributed by atoms with Crippen LogP contribution in [0.5, 0.6) is 11.5 Å². The molecule has 0 bridgehead atoms. The van der Waals surface area contributed by atoms with Gasteiger partial charge >= 0.3 is 5.97 Å². The normalized spacial score (nSPS) is 26.9. The topological polar surface area (TPSA) is 133 Å². The fraction of sp³-hybridized carbons (Fsp3) is 0.562. The number of benzene rings is 1. The number of hydrogen-bond donors (Lipinski definition) is 3. The van der Waals surface area contributed by atoms with E-state index in [1.807, 2.05) is 52.0 Å². The number of esters is 1. The lowest BCUT2D eigenvalue weighted by molar-refractivity contribution is -0.152. The van der Waals surface area contributed by atoms with Crippen LogP contribution in [0.4, 0.5) is 0 Å². The van der Waals surface area contributed by atoms with Gasteiger partial charge in [0.2, 0.25) is 0 Å². The molecule has 3 heterocycles. The molecule has 2 aromatic rings. The van der Waals surface area contributed by atoms with Gasteiger partial charge in [0.05, 0.1) is 19.3 Å². The lowest BCUT2D eigenvalue weighted by Crippen LogP contribution is -2.34. The van der Waals surface area contributed by atoms with E-state index in [2.05, 4.69) is 15.3 Å². The molecule has 11 heteroatoms. The zero-order valence-electron chi connectivity index (χ0n) is 25.7. The molecule has 1 aromatic carbocycles. The minimum atomic E-state index is -0.879. The summed E-state index contributed by atoms with van der Waals surface area (Å²) in [4.78, 5) is 20.8. The molecule has 0 radical (unpaired) electrons. The Morgan fingerprint density at radius 3 is 2.77 bits per heavy atom. The van der Waals surface area contributed by atoms with Gasteiger partial charge in [-0.2, -0.15) is 0 Å². The van der Waals surface area contributed by atoms with Crippen LogP contribution in [0.3, 0.4) is 0 Å². The summed E-state index contributed by atoms with van der Waals surface area (Å²) in [7, 11) is 1.52. The molecule has 1 aromatic heterocycles. The molecule has 1 saturated heterocycles. The Kier molecular flexibility index (Phi) is 11.8. The van der Waals surface area contributed by atoms with Crippen molar-refractivity contribution in [3.63, 3.8) is 0 Å². The molecule has 5 atom stereocenters. The summed E-state index contributed by atoms with van der Waals surface area (Å²) in [6, 6.07) is 3.51. The Bertz CT molecular complexity index is 1230. The molecular weight excluding hydrogens is 554 g/mol. The zero-order chi connectivity index (χ0) is 30.8. The van der Waals surface area contributed by atoms with Crippen molar-refractivity contribution in [3.05, 3.63) is 59.7 Å². The number of imidazole rings is 1. The number of nitrogens with one attached hydrogen (secondary N) is 2. The van der Waals surface area contributed by atoms with E-state index in [1.54, 1.807) is 24.5 Å². The van der Waals surface area contributed by atoms with Crippen molar-refractivity contribution in [3.8, 4) is 11.5 Å². The molecule has 0 spiro atoms. The van der Waals surface area contributed by atoms with Crippen molar-refractivity contribution >= 4 is 12.0 Å². The summed E-state index contributed by atoms with van der Waals surface area (Å²) in [6.07, 6.45) is 10.7. The molecule has 43 heavy (non-hydrogen) atoms. The summed E-state index contributed by atoms with van der Waals surface area (Å²) < 4.78 is 35.1. The van der Waals surface area contributed by atoms with Crippen LogP contribution in [0.1, 0.15) is 68.7 Å². The average Bonchev–Trinajstić information content (AvgIpc) is 3.60. The maximum absolute atomic E-state index is 13.6. The summed E-state index contributed by atoms with van der Waals surface area (Å²) in [5, 5.41) is 14.3. The number of aliphatic hydroxyl groups is 1. The molecule has 4 rings (SSSR count). The lowest BCUT2D eigenvalue weighted by Gasteiger charge is -2.23. The largest absolute Gasteiger partial charge is 0.493 e. The number of hydrogen-bond acceptors (Lipinski definition) is 10. The highest BCUT2D eigenvalue weighted by molar-refractivity contribution is 5.97. The van der Waals surface area contributed by atoms with Crippen LogP contribution in [-0.2, 0) is 25.5 Å². The molecule has 11 nitrogen and oxygen atoms in total. The summed E-state index contributed by atoms with van der Waals surface area (Å²) in [6.45, 7) is 9.36. The maximum atomic E-state index is 13.6. The average molecular weight is 600 g/mol. The van der Waals surface area contributed by atoms with E-state index < -0.39 is 30.1 Å². The third-order valence-electron chi connectivity index (χ3n) is 7.38. The highest BCUT2D eigenvalue weighted by Crippen LogP contribution is 2.35. The molecular formula is C32H45N3O8. The number of rotatable bonds is 11. The number of aromatic amines is 1. The first-order chi connectivity index (χ1) is 20.7. The Morgan fingerprint density at radius 2 is 2.00 bits per heavy atom. The zero-order valence-corrected chi connectivity index (χ0v) is 25.7. The second-order valence-corrected chi connectivity index (χ2v) is 11.3. The molecule has 1 fully saturated rings. The first kappa shape index (κ1) is 32.7. The van der Waals surface area contributed by atoms with Crippen LogP contribution in [0, 0.1) is 5.92 Å². The second-order valence-electron chi connectivity index (χ2n) is 11.3. The molecule has 2 aliphatic rings. The van der Waals surface area contributed by atoms with Gasteiger partial charge in [-0.3, -0.25) is 0 Å². The van der Waals surface area contributed by atoms with Crippen molar-refractivity contribution in [2.75, 3.05) is 27.1 Å². The fourth-order valence-electron chi connectivity index (χ4n) is 4.98. The smallest absolute Gasteiger partial charge is 0.342 e. The van der Waals surface area contributed by atoms with Crippen molar-refractivity contribution in [1.82, 2.24) is 15.3 Å². The minimum absolute atomic E-state index is 0.0508. The van der Waals surface area contributed by atoms with Crippen LogP contribution in [-0.4, -0.2) is 78.3 Å². The molecule has 3 N–H and O–H groups in total. The quantitative estimate of drug-likeness (QED) is 0.148. The maximum Gasteiger partial charge on any atom is 0.342 e. The number of methoxy groups -OCH3 is 1. The Morgan fingerprint density at radius 1 is 1.16 bits per heavy atom. The van der Waals surface area contributed by atoms with Gasteiger partial charge < -0.3 is 43.8 Å². The van der Waals surface area contributed by atoms with E-state index in [-0.39, 0.29) is 24.4 Å². The number of cyclic esters (lactones) is 1. The van der Waals surface area contributed by atoms with Gasteiger partial charge in [0, 0.05) is 31.5 Å². The number of carbonyl (C=O) groups excluding carboxylic acids is 1. The number of aliphatic hydroxyl groups excluding tert-OH is 1. The first-order valence-corrected chi connectivity index (χ1v) is 14.9. The SMILES string of the molecule is COCOc1cc(OCCCCNCc2ncc[nH]2)cc2c1C(=O)O[C@@H](C)[C@H](C)/C=C\C(O)[C@H]1OC(C)(C)O[C@H]1C/C=C/2. The monoisotopic (exact) mass is 599 g/mol. The van der Waals surface area contributed by atoms with E-state index in [0.717, 1.165) is 25.2 Å². The highest BCUT2D eigenvalue weighted by atomic mass is 16.8. The van der Waals surface area contributed by atoms with Crippen LogP contribution in [0.2, 0.25) is 0 Å². The lowest BCUT2D eigenvalue weighted by atomic mass is 9.99. The van der Waals surface area contributed by atoms with Gasteiger partial charge in [-0.25, -0.2) is 9.78 Å². The van der Waals surface area contributed by atoms with Crippen LogP contribution in [0.25, 0.3) is 6.08 Å². The predicted molar refractivity (Wildman–Crippen MR) is 161 cm³/mol. The molecule has 236 valence electrons. The Balaban J connectivity index is 1.54. The third-order valence-corrected chi connectivity index (χ3v) is 7.38. The first-order valence-electron chi connectivity index (χ1n) is 14.9. The molecule has 0 saturated carbocycles. The predicted octanol–water partition coefficient (Wildman–Crippen LogP) is 4.38. The summed E-state index contributed by atoms with van der Waals surface area (Å²) in [5.41, 5.74) is 0.861. The number of nitrogens with zero attached hydrogens (tertiary/aromatic N) is 1. The van der Waals surface area contributed by atoms with Crippen LogP contribution in [0.15, 0.2) is 42.8 Å². The van der Waals surface area contributed by atoms with Crippen molar-refractivity contribution in [2.45, 2.75) is 83.7 Å². The Hall–Kier alpha value is -3.22. The Labute approximate surface area is 253 Å². The van der Waals surface area contributed by atoms with Gasteiger partial charge in [0.25, 0.3) is 0 Å². The number of H-pyrrole nitrogens is 1. The molecule has 0 aliphatic carbocycles. The molecule has 2 aliphatic heterocycles. The standard InChI is InChI=1S/C32H45N3O8/c1-21-11-12-25(36)30-26(42-32(3,4)43-30)10-8-9-23-17-24(39-16-7-6-13-33-19-28-34-14-15-35-28)18-27(40-20-38-5)29(23)31(37)41-22(21)2/h8-9,11-12,14-15,17-18,21-22,25-26,30,33,36H,6-7,10,13,16,19-20H2,1-5H3,(H,34,35)/b9-8+,12-11-/t21-,22+,25?,26+,30-/m1/s1.